The van der Waals surface area contributed by atoms with Crippen LogP contribution in [0.3, 0.4) is 0 Å². The monoisotopic (exact) mass is 397 g/mol. The fourth-order valence-electron chi connectivity index (χ4n) is 2.96. The number of carbonyl (C=O) groups is 1. The zero-order valence-corrected chi connectivity index (χ0v) is 16.3. The van der Waals surface area contributed by atoms with E-state index in [1.54, 1.807) is 35.5 Å². The van der Waals surface area contributed by atoms with Crippen molar-refractivity contribution < 1.29 is 4.79 Å². The lowest BCUT2D eigenvalue weighted by atomic mass is 10.2. The first-order valence-corrected chi connectivity index (χ1v) is 10.6. The topological polar surface area (TPSA) is 62.2 Å². The minimum absolute atomic E-state index is 0.0880. The fraction of sp³-hybridized carbons (Fsp3) is 0.263. The number of rotatable bonds is 5. The molecule has 1 amide bonds. The van der Waals surface area contributed by atoms with Crippen LogP contribution in [0, 0.1) is 0 Å². The van der Waals surface area contributed by atoms with Gasteiger partial charge >= 0.3 is 0 Å². The van der Waals surface area contributed by atoms with E-state index in [1.165, 1.54) is 0 Å². The molecule has 2 aromatic heterocycles. The molecule has 3 heterocycles. The van der Waals surface area contributed by atoms with E-state index in [4.69, 9.17) is 0 Å². The summed E-state index contributed by atoms with van der Waals surface area (Å²) in [6, 6.07) is 9.64. The number of hydrogen-bond donors (Lipinski definition) is 0. The van der Waals surface area contributed by atoms with E-state index >= 15 is 0 Å². The van der Waals surface area contributed by atoms with E-state index in [1.807, 2.05) is 46.1 Å². The van der Waals surface area contributed by atoms with Crippen molar-refractivity contribution in [3.63, 3.8) is 0 Å². The molecule has 138 valence electrons. The van der Waals surface area contributed by atoms with Gasteiger partial charge < -0.3 is 9.80 Å². The van der Waals surface area contributed by atoms with Gasteiger partial charge in [-0.2, -0.15) is 0 Å². The molecule has 0 aliphatic carbocycles. The molecular weight excluding hydrogens is 378 g/mol. The fourth-order valence-corrected chi connectivity index (χ4v) is 4.57. The number of piperazine rings is 1. The van der Waals surface area contributed by atoms with Crippen molar-refractivity contribution in [2.45, 2.75) is 10.6 Å². The van der Waals surface area contributed by atoms with Gasteiger partial charge in [-0.05, 0) is 18.2 Å². The van der Waals surface area contributed by atoms with Crippen LogP contribution in [0.4, 0.5) is 5.95 Å². The van der Waals surface area contributed by atoms with Crippen molar-refractivity contribution in [3.05, 3.63) is 64.9 Å². The Hall–Kier alpha value is -2.45. The van der Waals surface area contributed by atoms with Gasteiger partial charge in [0.15, 0.2) is 0 Å². The molecule has 1 aromatic carbocycles. The Balaban J connectivity index is 1.41. The average molecular weight is 398 g/mol. The van der Waals surface area contributed by atoms with E-state index < -0.39 is 0 Å². The Morgan fingerprint density at radius 2 is 1.81 bits per heavy atom. The van der Waals surface area contributed by atoms with Gasteiger partial charge in [-0.25, -0.2) is 15.0 Å². The summed E-state index contributed by atoms with van der Waals surface area (Å²) in [5.74, 6) is 1.58. The van der Waals surface area contributed by atoms with E-state index in [0.717, 1.165) is 40.9 Å². The number of thiazole rings is 1. The van der Waals surface area contributed by atoms with Crippen LogP contribution in [0.25, 0.3) is 0 Å². The summed E-state index contributed by atoms with van der Waals surface area (Å²) < 4.78 is 0. The van der Waals surface area contributed by atoms with Crippen molar-refractivity contribution in [3.8, 4) is 0 Å². The zero-order chi connectivity index (χ0) is 18.5. The molecule has 3 aromatic rings. The first-order valence-electron chi connectivity index (χ1n) is 8.71. The van der Waals surface area contributed by atoms with Gasteiger partial charge in [-0.3, -0.25) is 4.79 Å². The van der Waals surface area contributed by atoms with Crippen LogP contribution in [0.2, 0.25) is 0 Å². The highest BCUT2D eigenvalue weighted by molar-refractivity contribution is 7.98. The number of thioether (sulfide) groups is 1. The third kappa shape index (κ3) is 4.28. The highest BCUT2D eigenvalue weighted by atomic mass is 32.2. The second-order valence-electron chi connectivity index (χ2n) is 6.09. The minimum atomic E-state index is 0.0880. The summed E-state index contributed by atoms with van der Waals surface area (Å²) in [4.78, 5) is 31.0. The summed E-state index contributed by atoms with van der Waals surface area (Å²) in [5.41, 5.74) is 3.65. The van der Waals surface area contributed by atoms with Gasteiger partial charge in [0.1, 0.15) is 0 Å². The SMILES string of the molecule is O=C(c1ccccc1SCc1cscn1)N1CCN(c2ncccn2)CC1. The normalized spacial score (nSPS) is 14.4. The summed E-state index contributed by atoms with van der Waals surface area (Å²) in [6.07, 6.45) is 3.49. The van der Waals surface area contributed by atoms with E-state index in [-0.39, 0.29) is 5.91 Å². The first kappa shape index (κ1) is 17.9. The number of amides is 1. The Kier molecular flexibility index (Phi) is 5.64. The molecule has 0 bridgehead atoms. The second-order valence-corrected chi connectivity index (χ2v) is 7.83. The van der Waals surface area contributed by atoms with E-state index in [9.17, 15) is 4.79 Å². The molecule has 0 N–H and O–H groups in total. The lowest BCUT2D eigenvalue weighted by Crippen LogP contribution is -2.49. The number of hydrogen-bond acceptors (Lipinski definition) is 7. The van der Waals surface area contributed by atoms with Gasteiger partial charge in [0.25, 0.3) is 5.91 Å². The van der Waals surface area contributed by atoms with Crippen molar-refractivity contribution in [1.29, 1.82) is 0 Å². The van der Waals surface area contributed by atoms with Crippen LogP contribution in [-0.2, 0) is 5.75 Å². The van der Waals surface area contributed by atoms with Gasteiger partial charge in [0, 0.05) is 54.6 Å². The van der Waals surface area contributed by atoms with Gasteiger partial charge in [-0.15, -0.1) is 23.1 Å². The highest BCUT2D eigenvalue weighted by Crippen LogP contribution is 2.27. The molecule has 0 saturated carbocycles. The Labute approximate surface area is 166 Å². The number of benzene rings is 1. The quantitative estimate of drug-likeness (QED) is 0.616. The Morgan fingerprint density at radius 3 is 2.56 bits per heavy atom. The first-order chi connectivity index (χ1) is 13.3. The third-order valence-corrected chi connectivity index (χ3v) is 6.12. The smallest absolute Gasteiger partial charge is 0.255 e. The average Bonchev–Trinajstić information content (AvgIpc) is 3.26. The Bertz CT molecular complexity index is 880. The number of carbonyl (C=O) groups excluding carboxylic acids is 1. The van der Waals surface area contributed by atoms with Gasteiger partial charge in [0.05, 0.1) is 16.8 Å². The molecule has 4 rings (SSSR count). The molecule has 0 spiro atoms. The molecule has 27 heavy (non-hydrogen) atoms. The second kappa shape index (κ2) is 8.49. The maximum atomic E-state index is 13.1. The van der Waals surface area contributed by atoms with Crippen LogP contribution in [0.5, 0.6) is 0 Å². The minimum Gasteiger partial charge on any atom is -0.337 e. The summed E-state index contributed by atoms with van der Waals surface area (Å²) in [5, 5.41) is 2.04. The molecular formula is C19H19N5OS2. The van der Waals surface area contributed by atoms with Crippen LogP contribution in [0.1, 0.15) is 16.1 Å². The standard InChI is InChI=1S/C19H19N5OS2/c25-18(23-8-10-24(11-9-23)19-20-6-3-7-21-19)16-4-1-2-5-17(16)27-13-15-12-26-14-22-15/h1-7,12,14H,8-11,13H2. The molecule has 0 unspecified atom stereocenters. The van der Waals surface area contributed by atoms with Crippen molar-refractivity contribution in [1.82, 2.24) is 19.9 Å². The molecule has 1 aliphatic rings. The summed E-state index contributed by atoms with van der Waals surface area (Å²) in [7, 11) is 0. The summed E-state index contributed by atoms with van der Waals surface area (Å²) in [6.45, 7) is 2.82. The van der Waals surface area contributed by atoms with Crippen LogP contribution in [0.15, 0.2) is 58.5 Å². The van der Waals surface area contributed by atoms with E-state index in [0.29, 0.717) is 13.1 Å². The predicted octanol–water partition coefficient (Wildman–Crippen LogP) is 3.19. The molecule has 8 heteroatoms. The maximum absolute atomic E-state index is 13.1. The zero-order valence-electron chi connectivity index (χ0n) is 14.7. The highest BCUT2D eigenvalue weighted by Gasteiger charge is 2.24. The molecule has 1 aliphatic heterocycles. The molecule has 0 atom stereocenters. The lowest BCUT2D eigenvalue weighted by Gasteiger charge is -2.35. The van der Waals surface area contributed by atoms with E-state index in [2.05, 4.69) is 19.9 Å². The van der Waals surface area contributed by atoms with Crippen molar-refractivity contribution >= 4 is 35.0 Å². The number of aromatic nitrogens is 3. The largest absolute Gasteiger partial charge is 0.337 e. The van der Waals surface area contributed by atoms with Crippen molar-refractivity contribution in [2.75, 3.05) is 31.1 Å². The number of nitrogens with zero attached hydrogens (tertiary/aromatic N) is 5. The maximum Gasteiger partial charge on any atom is 0.255 e. The molecule has 6 nitrogen and oxygen atoms in total. The van der Waals surface area contributed by atoms with Gasteiger partial charge in [-0.1, -0.05) is 12.1 Å². The van der Waals surface area contributed by atoms with Crippen molar-refractivity contribution in [2.24, 2.45) is 0 Å². The third-order valence-electron chi connectivity index (χ3n) is 4.38. The Morgan fingerprint density at radius 1 is 1.04 bits per heavy atom. The van der Waals surface area contributed by atoms with Crippen LogP contribution >= 0.6 is 23.1 Å². The molecule has 0 radical (unpaired) electrons. The predicted molar refractivity (Wildman–Crippen MR) is 108 cm³/mol. The lowest BCUT2D eigenvalue weighted by molar-refractivity contribution is 0.0742. The molecule has 1 saturated heterocycles. The summed E-state index contributed by atoms with van der Waals surface area (Å²) >= 11 is 3.25. The molecule has 1 fully saturated rings. The van der Waals surface area contributed by atoms with Crippen LogP contribution in [-0.4, -0.2) is 51.9 Å². The van der Waals surface area contributed by atoms with Gasteiger partial charge in [0.2, 0.25) is 5.95 Å². The van der Waals surface area contributed by atoms with Crippen LogP contribution < -0.4 is 4.90 Å². The number of anilines is 1.